The van der Waals surface area contributed by atoms with E-state index in [0.29, 0.717) is 27.7 Å². The second-order valence-electron chi connectivity index (χ2n) is 4.45. The normalized spacial score (nSPS) is 10.7. The molecule has 0 aliphatic heterocycles. The monoisotopic (exact) mass is 269 g/mol. The molecule has 3 nitrogen and oxygen atoms in total. The van der Waals surface area contributed by atoms with Gasteiger partial charge in [0.15, 0.2) is 0 Å². The average molecular weight is 269 g/mol. The molecule has 1 aromatic carbocycles. The summed E-state index contributed by atoms with van der Waals surface area (Å²) in [5.41, 5.74) is 2.04. The van der Waals surface area contributed by atoms with Gasteiger partial charge in [0, 0.05) is 29.7 Å². The fraction of sp³-hybridized carbons (Fsp3) is 0.0667. The predicted octanol–water partition coefficient (Wildman–Crippen LogP) is 3.39. The van der Waals surface area contributed by atoms with Gasteiger partial charge in [-0.05, 0) is 24.3 Å². The Balaban J connectivity index is 2.42. The Labute approximate surface area is 113 Å². The second kappa shape index (κ2) is 4.42. The molecular weight excluding hydrogens is 260 g/mol. The van der Waals surface area contributed by atoms with Crippen LogP contribution in [-0.2, 0) is 7.05 Å². The summed E-state index contributed by atoms with van der Waals surface area (Å²) in [6.07, 6.45) is 2.58. The van der Waals surface area contributed by atoms with Gasteiger partial charge in [0.05, 0.1) is 17.5 Å². The van der Waals surface area contributed by atoms with E-state index < -0.39 is 11.6 Å². The molecule has 0 fully saturated rings. The van der Waals surface area contributed by atoms with E-state index in [1.54, 1.807) is 17.7 Å². The first kappa shape index (κ1) is 12.3. The van der Waals surface area contributed by atoms with Crippen molar-refractivity contribution in [2.75, 3.05) is 0 Å². The fourth-order valence-corrected chi connectivity index (χ4v) is 2.41. The van der Waals surface area contributed by atoms with Crippen LogP contribution in [0, 0.1) is 23.0 Å². The zero-order chi connectivity index (χ0) is 14.3. The van der Waals surface area contributed by atoms with Crippen molar-refractivity contribution in [2.45, 2.75) is 0 Å². The summed E-state index contributed by atoms with van der Waals surface area (Å²) in [5.74, 6) is -0.897. The number of aromatic nitrogens is 2. The van der Waals surface area contributed by atoms with Crippen molar-refractivity contribution in [3.05, 3.63) is 53.9 Å². The van der Waals surface area contributed by atoms with Crippen LogP contribution in [0.15, 0.2) is 36.7 Å². The van der Waals surface area contributed by atoms with Crippen LogP contribution in [0.5, 0.6) is 0 Å². The number of nitriles is 1. The first-order chi connectivity index (χ1) is 9.61. The molecule has 2 heterocycles. The number of rotatable bonds is 1. The lowest BCUT2D eigenvalue weighted by atomic mass is 10.1. The molecule has 0 amide bonds. The maximum Gasteiger partial charge on any atom is 0.142 e. The number of halogens is 2. The molecule has 0 aliphatic carbocycles. The Morgan fingerprint density at radius 2 is 1.95 bits per heavy atom. The van der Waals surface area contributed by atoms with Gasteiger partial charge in [-0.25, -0.2) is 8.78 Å². The number of benzene rings is 1. The molecule has 20 heavy (non-hydrogen) atoms. The first-order valence-electron chi connectivity index (χ1n) is 5.91. The zero-order valence-corrected chi connectivity index (χ0v) is 10.6. The van der Waals surface area contributed by atoms with Gasteiger partial charge in [0.1, 0.15) is 17.7 Å². The van der Waals surface area contributed by atoms with Gasteiger partial charge in [-0.15, -0.1) is 0 Å². The van der Waals surface area contributed by atoms with Gasteiger partial charge in [0.25, 0.3) is 0 Å². The molecule has 3 rings (SSSR count). The molecule has 0 aliphatic rings. The van der Waals surface area contributed by atoms with E-state index in [1.165, 1.54) is 24.4 Å². The number of hydrogen-bond donors (Lipinski definition) is 0. The minimum Gasteiger partial charge on any atom is -0.342 e. The molecule has 0 bridgehead atoms. The highest BCUT2D eigenvalue weighted by molar-refractivity contribution is 5.94. The molecule has 2 aromatic heterocycles. The zero-order valence-electron chi connectivity index (χ0n) is 10.6. The summed E-state index contributed by atoms with van der Waals surface area (Å²) >= 11 is 0. The third kappa shape index (κ3) is 1.74. The molecule has 0 N–H and O–H groups in total. The van der Waals surface area contributed by atoms with Crippen molar-refractivity contribution < 1.29 is 8.78 Å². The van der Waals surface area contributed by atoms with E-state index in [4.69, 9.17) is 0 Å². The number of nitrogens with zero attached hydrogens (tertiary/aromatic N) is 3. The summed E-state index contributed by atoms with van der Waals surface area (Å²) in [7, 11) is 1.75. The van der Waals surface area contributed by atoms with Crippen LogP contribution in [0.3, 0.4) is 0 Å². The van der Waals surface area contributed by atoms with Crippen LogP contribution in [0.1, 0.15) is 5.56 Å². The van der Waals surface area contributed by atoms with E-state index in [-0.39, 0.29) is 0 Å². The second-order valence-corrected chi connectivity index (χ2v) is 4.45. The van der Waals surface area contributed by atoms with Gasteiger partial charge in [-0.1, -0.05) is 0 Å². The largest absolute Gasteiger partial charge is 0.342 e. The van der Waals surface area contributed by atoms with Crippen molar-refractivity contribution in [3.63, 3.8) is 0 Å². The highest BCUT2D eigenvalue weighted by Crippen LogP contribution is 2.32. The van der Waals surface area contributed by atoms with E-state index in [9.17, 15) is 14.0 Å². The Bertz CT molecular complexity index is 859. The highest BCUT2D eigenvalue weighted by atomic mass is 19.1. The van der Waals surface area contributed by atoms with Gasteiger partial charge in [-0.2, -0.15) is 5.26 Å². The standard InChI is InChI=1S/C15H9F2N3/c1-20-14-3-2-10(16)5-12(14)13(6-18)15(20)9-4-11(17)8-19-7-9/h2-5,7-8H,1H3. The van der Waals surface area contributed by atoms with Crippen LogP contribution < -0.4 is 0 Å². The van der Waals surface area contributed by atoms with Gasteiger partial charge >= 0.3 is 0 Å². The van der Waals surface area contributed by atoms with Crippen LogP contribution in [0.2, 0.25) is 0 Å². The van der Waals surface area contributed by atoms with Crippen LogP contribution in [0.25, 0.3) is 22.2 Å². The highest BCUT2D eigenvalue weighted by Gasteiger charge is 2.17. The molecule has 0 spiro atoms. The maximum atomic E-state index is 13.4. The van der Waals surface area contributed by atoms with E-state index in [1.807, 2.05) is 0 Å². The average Bonchev–Trinajstić information content (AvgIpc) is 2.70. The summed E-state index contributed by atoms with van der Waals surface area (Å²) < 4.78 is 28.4. The van der Waals surface area contributed by atoms with Gasteiger partial charge in [0.2, 0.25) is 0 Å². The SMILES string of the molecule is Cn1c(-c2cncc(F)c2)c(C#N)c2cc(F)ccc21. The van der Waals surface area contributed by atoms with Crippen LogP contribution in [0.4, 0.5) is 8.78 Å². The summed E-state index contributed by atoms with van der Waals surface area (Å²) in [6, 6.07) is 7.61. The minimum atomic E-state index is -0.483. The van der Waals surface area contributed by atoms with E-state index >= 15 is 0 Å². The van der Waals surface area contributed by atoms with Crippen molar-refractivity contribution in [1.82, 2.24) is 9.55 Å². The van der Waals surface area contributed by atoms with Crippen molar-refractivity contribution in [1.29, 1.82) is 5.26 Å². The molecule has 5 heteroatoms. The lowest BCUT2D eigenvalue weighted by Crippen LogP contribution is -1.94. The van der Waals surface area contributed by atoms with Crippen molar-refractivity contribution in [3.8, 4) is 17.3 Å². The maximum absolute atomic E-state index is 13.4. The summed E-state index contributed by atoms with van der Waals surface area (Å²) in [6.45, 7) is 0. The topological polar surface area (TPSA) is 41.6 Å². The molecule has 0 saturated heterocycles. The molecule has 0 atom stereocenters. The predicted molar refractivity (Wildman–Crippen MR) is 70.8 cm³/mol. The van der Waals surface area contributed by atoms with E-state index in [2.05, 4.69) is 11.1 Å². The Morgan fingerprint density at radius 3 is 2.65 bits per heavy atom. The number of fused-ring (bicyclic) bond motifs is 1. The van der Waals surface area contributed by atoms with Gasteiger partial charge < -0.3 is 4.57 Å². The third-order valence-electron chi connectivity index (χ3n) is 3.25. The lowest BCUT2D eigenvalue weighted by molar-refractivity contribution is 0.622. The Hall–Kier alpha value is -2.74. The van der Waals surface area contributed by atoms with Crippen molar-refractivity contribution in [2.24, 2.45) is 7.05 Å². The lowest BCUT2D eigenvalue weighted by Gasteiger charge is -2.04. The molecule has 0 saturated carbocycles. The van der Waals surface area contributed by atoms with E-state index in [0.717, 1.165) is 6.20 Å². The third-order valence-corrected chi connectivity index (χ3v) is 3.25. The Morgan fingerprint density at radius 1 is 1.15 bits per heavy atom. The van der Waals surface area contributed by atoms with Crippen LogP contribution in [-0.4, -0.2) is 9.55 Å². The molecule has 98 valence electrons. The first-order valence-corrected chi connectivity index (χ1v) is 5.91. The molecular formula is C15H9F2N3. The minimum absolute atomic E-state index is 0.314. The number of pyridine rings is 1. The fourth-order valence-electron chi connectivity index (χ4n) is 2.41. The number of hydrogen-bond acceptors (Lipinski definition) is 2. The quantitative estimate of drug-likeness (QED) is 0.679. The Kier molecular flexibility index (Phi) is 2.72. The van der Waals surface area contributed by atoms with Crippen molar-refractivity contribution >= 4 is 10.9 Å². The molecule has 3 aromatic rings. The summed E-state index contributed by atoms with van der Waals surface area (Å²) in [5, 5.41) is 9.86. The summed E-state index contributed by atoms with van der Waals surface area (Å²) in [4.78, 5) is 3.79. The van der Waals surface area contributed by atoms with Crippen LogP contribution >= 0.6 is 0 Å². The number of aryl methyl sites for hydroxylation is 1. The molecule has 0 unspecified atom stereocenters. The molecule has 0 radical (unpaired) electrons. The van der Waals surface area contributed by atoms with Gasteiger partial charge in [-0.3, -0.25) is 4.98 Å². The smallest absolute Gasteiger partial charge is 0.142 e.